The average Bonchev–Trinajstić information content (AvgIpc) is 2.25. The van der Waals surface area contributed by atoms with Crippen molar-refractivity contribution in [3.63, 3.8) is 0 Å². The minimum atomic E-state index is -0.466. The van der Waals surface area contributed by atoms with Crippen molar-refractivity contribution in [3.8, 4) is 0 Å². The summed E-state index contributed by atoms with van der Waals surface area (Å²) in [4.78, 5) is 0. The Bertz CT molecular complexity index is 311. The number of hydrogen-bond acceptors (Lipinski definition) is 2. The Labute approximate surface area is 99.6 Å². The fourth-order valence-electron chi connectivity index (χ4n) is 1.67. The lowest BCUT2D eigenvalue weighted by molar-refractivity contribution is 0.468. The molecule has 0 fully saturated rings. The van der Waals surface area contributed by atoms with Gasteiger partial charge in [0.1, 0.15) is 11.6 Å². The van der Waals surface area contributed by atoms with E-state index in [0.29, 0.717) is 6.54 Å². The number of rotatable bonds is 6. The summed E-state index contributed by atoms with van der Waals surface area (Å²) in [6.45, 7) is 2.64. The summed E-state index contributed by atoms with van der Waals surface area (Å²) in [6.07, 6.45) is 2.72. The van der Waals surface area contributed by atoms with Gasteiger partial charge in [-0.3, -0.25) is 0 Å². The highest BCUT2D eigenvalue weighted by atomic mass is 32.2. The number of thioether (sulfide) groups is 1. The molecule has 1 aromatic carbocycles. The first kappa shape index (κ1) is 13.5. The van der Waals surface area contributed by atoms with Crippen molar-refractivity contribution in [3.05, 3.63) is 35.4 Å². The van der Waals surface area contributed by atoms with Gasteiger partial charge in [0, 0.05) is 11.6 Å². The Morgan fingerprint density at radius 2 is 1.94 bits per heavy atom. The van der Waals surface area contributed by atoms with E-state index >= 15 is 0 Å². The quantitative estimate of drug-likeness (QED) is 0.824. The van der Waals surface area contributed by atoms with Crippen LogP contribution in [0.25, 0.3) is 0 Å². The molecule has 0 aromatic heterocycles. The van der Waals surface area contributed by atoms with Crippen molar-refractivity contribution < 1.29 is 8.78 Å². The zero-order chi connectivity index (χ0) is 12.0. The SMILES string of the molecule is CCNC(CCSC)c1c(F)cccc1F. The van der Waals surface area contributed by atoms with Crippen LogP contribution in [0.5, 0.6) is 0 Å². The number of halogens is 2. The van der Waals surface area contributed by atoms with E-state index in [1.807, 2.05) is 13.2 Å². The standard InChI is InChI=1S/C12H17F2NS/c1-3-15-11(7-8-16-2)12-9(13)5-4-6-10(12)14/h4-6,11,15H,3,7-8H2,1-2H3. The monoisotopic (exact) mass is 245 g/mol. The molecule has 1 rings (SSSR count). The molecular weight excluding hydrogens is 228 g/mol. The molecule has 0 saturated carbocycles. The Balaban J connectivity index is 2.90. The molecule has 0 saturated heterocycles. The Morgan fingerprint density at radius 3 is 2.44 bits per heavy atom. The van der Waals surface area contributed by atoms with E-state index in [2.05, 4.69) is 5.32 Å². The zero-order valence-electron chi connectivity index (χ0n) is 9.59. The molecule has 0 heterocycles. The summed E-state index contributed by atoms with van der Waals surface area (Å²) in [7, 11) is 0. The minimum absolute atomic E-state index is 0.165. The summed E-state index contributed by atoms with van der Waals surface area (Å²) < 4.78 is 27.1. The van der Waals surface area contributed by atoms with Gasteiger partial charge in [0.15, 0.2) is 0 Å². The first-order chi connectivity index (χ1) is 7.70. The molecule has 0 amide bonds. The predicted molar refractivity (Wildman–Crippen MR) is 65.8 cm³/mol. The number of nitrogens with one attached hydrogen (secondary N) is 1. The fourth-order valence-corrected chi connectivity index (χ4v) is 2.15. The van der Waals surface area contributed by atoms with Gasteiger partial charge >= 0.3 is 0 Å². The first-order valence-corrected chi connectivity index (χ1v) is 6.76. The molecular formula is C12H17F2NS. The summed E-state index contributed by atoms with van der Waals surface area (Å²) in [6, 6.07) is 3.77. The van der Waals surface area contributed by atoms with E-state index in [-0.39, 0.29) is 11.6 Å². The van der Waals surface area contributed by atoms with Gasteiger partial charge in [-0.05, 0) is 37.1 Å². The van der Waals surface area contributed by atoms with Crippen LogP contribution in [0.15, 0.2) is 18.2 Å². The number of benzene rings is 1. The maximum atomic E-state index is 13.6. The molecule has 0 spiro atoms. The summed E-state index contributed by atoms with van der Waals surface area (Å²) in [5, 5.41) is 3.12. The van der Waals surface area contributed by atoms with Crippen molar-refractivity contribution in [2.45, 2.75) is 19.4 Å². The van der Waals surface area contributed by atoms with E-state index < -0.39 is 11.6 Å². The van der Waals surface area contributed by atoms with Crippen LogP contribution in [-0.2, 0) is 0 Å². The molecule has 1 N–H and O–H groups in total. The molecule has 0 aliphatic carbocycles. The first-order valence-electron chi connectivity index (χ1n) is 5.37. The Hall–Kier alpha value is -0.610. The molecule has 90 valence electrons. The second-order valence-corrected chi connectivity index (χ2v) is 4.51. The van der Waals surface area contributed by atoms with Gasteiger partial charge in [0.25, 0.3) is 0 Å². The van der Waals surface area contributed by atoms with Gasteiger partial charge in [-0.25, -0.2) is 8.78 Å². The van der Waals surface area contributed by atoms with E-state index in [9.17, 15) is 8.78 Å². The topological polar surface area (TPSA) is 12.0 Å². The molecule has 16 heavy (non-hydrogen) atoms. The second-order valence-electron chi connectivity index (χ2n) is 3.53. The molecule has 0 bridgehead atoms. The van der Waals surface area contributed by atoms with Gasteiger partial charge < -0.3 is 5.32 Å². The summed E-state index contributed by atoms with van der Waals surface area (Å²) >= 11 is 1.68. The molecule has 1 nitrogen and oxygen atoms in total. The van der Waals surface area contributed by atoms with E-state index in [0.717, 1.165) is 12.2 Å². The second kappa shape index (κ2) is 6.86. The maximum absolute atomic E-state index is 13.6. The van der Waals surface area contributed by atoms with Crippen LogP contribution in [0.3, 0.4) is 0 Å². The van der Waals surface area contributed by atoms with E-state index in [4.69, 9.17) is 0 Å². The van der Waals surface area contributed by atoms with E-state index in [1.54, 1.807) is 11.8 Å². The minimum Gasteiger partial charge on any atom is -0.310 e. The number of hydrogen-bond donors (Lipinski definition) is 1. The predicted octanol–water partition coefficient (Wildman–Crippen LogP) is 3.37. The third-order valence-corrected chi connectivity index (χ3v) is 3.05. The van der Waals surface area contributed by atoms with Crippen LogP contribution < -0.4 is 5.32 Å². The molecule has 1 atom stereocenters. The third-order valence-electron chi connectivity index (χ3n) is 2.41. The maximum Gasteiger partial charge on any atom is 0.130 e. The largest absolute Gasteiger partial charge is 0.310 e. The van der Waals surface area contributed by atoms with Crippen LogP contribution in [-0.4, -0.2) is 18.6 Å². The van der Waals surface area contributed by atoms with Gasteiger partial charge in [0.2, 0.25) is 0 Å². The van der Waals surface area contributed by atoms with Crippen molar-refractivity contribution >= 4 is 11.8 Å². The van der Waals surface area contributed by atoms with Crippen molar-refractivity contribution in [2.24, 2.45) is 0 Å². The summed E-state index contributed by atoms with van der Waals surface area (Å²) in [5.41, 5.74) is 0.165. The average molecular weight is 245 g/mol. The molecule has 4 heteroatoms. The molecule has 0 aliphatic heterocycles. The van der Waals surface area contributed by atoms with Crippen LogP contribution >= 0.6 is 11.8 Å². The third kappa shape index (κ3) is 3.46. The summed E-state index contributed by atoms with van der Waals surface area (Å²) in [5.74, 6) is -0.0510. The van der Waals surface area contributed by atoms with Crippen molar-refractivity contribution in [1.29, 1.82) is 0 Å². The van der Waals surface area contributed by atoms with E-state index in [1.165, 1.54) is 18.2 Å². The lowest BCUT2D eigenvalue weighted by atomic mass is 10.0. The van der Waals surface area contributed by atoms with Crippen LogP contribution in [0, 0.1) is 11.6 Å². The highest BCUT2D eigenvalue weighted by Gasteiger charge is 2.18. The van der Waals surface area contributed by atoms with Gasteiger partial charge in [0.05, 0.1) is 0 Å². The lowest BCUT2D eigenvalue weighted by Crippen LogP contribution is -2.23. The van der Waals surface area contributed by atoms with Gasteiger partial charge in [-0.2, -0.15) is 11.8 Å². The van der Waals surface area contributed by atoms with Gasteiger partial charge in [-0.1, -0.05) is 13.0 Å². The highest BCUT2D eigenvalue weighted by molar-refractivity contribution is 7.98. The fraction of sp³-hybridized carbons (Fsp3) is 0.500. The lowest BCUT2D eigenvalue weighted by Gasteiger charge is -2.19. The molecule has 1 aromatic rings. The Kier molecular flexibility index (Phi) is 5.77. The van der Waals surface area contributed by atoms with Crippen molar-refractivity contribution in [2.75, 3.05) is 18.6 Å². The van der Waals surface area contributed by atoms with Gasteiger partial charge in [-0.15, -0.1) is 0 Å². The smallest absolute Gasteiger partial charge is 0.130 e. The molecule has 0 aliphatic rings. The Morgan fingerprint density at radius 1 is 1.31 bits per heavy atom. The van der Waals surface area contributed by atoms with Crippen molar-refractivity contribution in [1.82, 2.24) is 5.32 Å². The normalized spacial score (nSPS) is 12.8. The zero-order valence-corrected chi connectivity index (χ0v) is 10.4. The van der Waals surface area contributed by atoms with Crippen LogP contribution in [0.1, 0.15) is 24.9 Å². The highest BCUT2D eigenvalue weighted by Crippen LogP contribution is 2.24. The molecule has 1 unspecified atom stereocenters. The van der Waals surface area contributed by atoms with Crippen LogP contribution in [0.4, 0.5) is 8.78 Å². The molecule has 0 radical (unpaired) electrons. The van der Waals surface area contributed by atoms with Crippen LogP contribution in [0.2, 0.25) is 0 Å².